The molecular formula is C15H19N5O. The van der Waals surface area contributed by atoms with Crippen molar-refractivity contribution in [1.82, 2.24) is 19.4 Å². The predicted octanol–water partition coefficient (Wildman–Crippen LogP) is 1.54. The Kier molecular flexibility index (Phi) is 3.85. The fraction of sp³-hybridized carbons (Fsp3) is 0.400. The molecule has 21 heavy (non-hydrogen) atoms. The van der Waals surface area contributed by atoms with Gasteiger partial charge in [0, 0.05) is 37.8 Å². The zero-order valence-corrected chi connectivity index (χ0v) is 11.9. The van der Waals surface area contributed by atoms with E-state index in [4.69, 9.17) is 5.73 Å². The lowest BCUT2D eigenvalue weighted by Crippen LogP contribution is -2.28. The molecule has 0 saturated carbocycles. The number of carbonyl (C=O) groups is 1. The average Bonchev–Trinajstić information content (AvgIpc) is 3.17. The molecule has 6 nitrogen and oxygen atoms in total. The number of likely N-dealkylation sites (tertiary alicyclic amines) is 1. The van der Waals surface area contributed by atoms with Crippen LogP contribution in [0.5, 0.6) is 0 Å². The molecule has 2 aromatic rings. The molecule has 0 unspecified atom stereocenters. The van der Waals surface area contributed by atoms with E-state index in [-0.39, 0.29) is 5.91 Å². The van der Waals surface area contributed by atoms with Gasteiger partial charge in [0.1, 0.15) is 5.82 Å². The van der Waals surface area contributed by atoms with Crippen LogP contribution in [-0.2, 0) is 11.3 Å². The summed E-state index contributed by atoms with van der Waals surface area (Å²) in [4.78, 5) is 22.3. The number of imidazole rings is 1. The highest BCUT2D eigenvalue weighted by Crippen LogP contribution is 2.19. The minimum absolute atomic E-state index is 0.225. The van der Waals surface area contributed by atoms with Crippen molar-refractivity contribution < 1.29 is 4.79 Å². The third-order valence-electron chi connectivity index (χ3n) is 3.82. The van der Waals surface area contributed by atoms with Gasteiger partial charge in [-0.3, -0.25) is 4.79 Å². The lowest BCUT2D eigenvalue weighted by molar-refractivity contribution is -0.130. The first-order valence-corrected chi connectivity index (χ1v) is 7.24. The Bertz CT molecular complexity index is 613. The standard InChI is InChI=1S/C15H19N5O/c16-14-4-3-12(9-18-14)13-10-17-11-20(13)8-5-15(21)19-6-1-2-7-19/h3-4,9-11H,1-2,5-8H2,(H2,16,18). The number of rotatable bonds is 4. The van der Waals surface area contributed by atoms with Gasteiger partial charge >= 0.3 is 0 Å². The Balaban J connectivity index is 1.68. The number of hydrogen-bond acceptors (Lipinski definition) is 4. The van der Waals surface area contributed by atoms with Crippen LogP contribution in [0.15, 0.2) is 30.9 Å². The van der Waals surface area contributed by atoms with E-state index >= 15 is 0 Å². The van der Waals surface area contributed by atoms with Gasteiger partial charge < -0.3 is 15.2 Å². The van der Waals surface area contributed by atoms with Gasteiger partial charge in [0.15, 0.2) is 0 Å². The van der Waals surface area contributed by atoms with Crippen molar-refractivity contribution in [3.63, 3.8) is 0 Å². The van der Waals surface area contributed by atoms with Crippen LogP contribution in [0.1, 0.15) is 19.3 Å². The first kappa shape index (κ1) is 13.6. The second-order valence-electron chi connectivity index (χ2n) is 5.28. The van der Waals surface area contributed by atoms with E-state index in [1.54, 1.807) is 24.8 Å². The topological polar surface area (TPSA) is 77.0 Å². The van der Waals surface area contributed by atoms with E-state index in [2.05, 4.69) is 9.97 Å². The van der Waals surface area contributed by atoms with Crippen LogP contribution in [-0.4, -0.2) is 38.4 Å². The van der Waals surface area contributed by atoms with Gasteiger partial charge in [-0.05, 0) is 25.0 Å². The predicted molar refractivity (Wildman–Crippen MR) is 80.3 cm³/mol. The van der Waals surface area contributed by atoms with Gasteiger partial charge in [-0.15, -0.1) is 0 Å². The summed E-state index contributed by atoms with van der Waals surface area (Å²) in [5.41, 5.74) is 7.51. The van der Waals surface area contributed by atoms with Crippen molar-refractivity contribution in [3.05, 3.63) is 30.9 Å². The number of carbonyl (C=O) groups excluding carboxylic acids is 1. The number of anilines is 1. The number of pyridine rings is 1. The molecule has 3 rings (SSSR count). The van der Waals surface area contributed by atoms with E-state index in [1.165, 1.54) is 0 Å². The van der Waals surface area contributed by atoms with Crippen LogP contribution in [0.2, 0.25) is 0 Å². The number of aromatic nitrogens is 3. The van der Waals surface area contributed by atoms with Gasteiger partial charge in [0.2, 0.25) is 5.91 Å². The first-order chi connectivity index (χ1) is 10.2. The summed E-state index contributed by atoms with van der Waals surface area (Å²) < 4.78 is 1.99. The smallest absolute Gasteiger partial charge is 0.224 e. The number of nitrogen functional groups attached to an aromatic ring is 1. The molecule has 0 bridgehead atoms. The molecule has 3 heterocycles. The van der Waals surface area contributed by atoms with Gasteiger partial charge in [0.25, 0.3) is 0 Å². The van der Waals surface area contributed by atoms with E-state index in [0.29, 0.717) is 18.8 Å². The van der Waals surface area contributed by atoms with Crippen molar-refractivity contribution in [2.75, 3.05) is 18.8 Å². The van der Waals surface area contributed by atoms with Gasteiger partial charge in [0.05, 0.1) is 18.2 Å². The molecule has 1 amide bonds. The third kappa shape index (κ3) is 3.04. The van der Waals surface area contributed by atoms with Gasteiger partial charge in [-0.1, -0.05) is 0 Å². The zero-order chi connectivity index (χ0) is 14.7. The summed E-state index contributed by atoms with van der Waals surface area (Å²) in [7, 11) is 0. The van der Waals surface area contributed by atoms with E-state index in [0.717, 1.165) is 37.2 Å². The second kappa shape index (κ2) is 5.95. The fourth-order valence-electron chi connectivity index (χ4n) is 2.64. The molecule has 1 saturated heterocycles. The summed E-state index contributed by atoms with van der Waals surface area (Å²) in [6.07, 6.45) is 8.02. The molecule has 6 heteroatoms. The quantitative estimate of drug-likeness (QED) is 0.924. The SMILES string of the molecule is Nc1ccc(-c2cncn2CCC(=O)N2CCCC2)cn1. The number of amides is 1. The maximum atomic E-state index is 12.1. The van der Waals surface area contributed by atoms with E-state index < -0.39 is 0 Å². The molecule has 2 N–H and O–H groups in total. The molecule has 0 aliphatic carbocycles. The first-order valence-electron chi connectivity index (χ1n) is 7.24. The molecule has 1 aliphatic heterocycles. The highest BCUT2D eigenvalue weighted by atomic mass is 16.2. The Labute approximate surface area is 123 Å². The van der Waals surface area contributed by atoms with Gasteiger partial charge in [-0.25, -0.2) is 9.97 Å². The summed E-state index contributed by atoms with van der Waals surface area (Å²) in [6, 6.07) is 3.68. The Morgan fingerprint density at radius 3 is 2.76 bits per heavy atom. The van der Waals surface area contributed by atoms with E-state index in [9.17, 15) is 4.79 Å². The van der Waals surface area contributed by atoms with Crippen LogP contribution in [0, 0.1) is 0 Å². The monoisotopic (exact) mass is 285 g/mol. The molecule has 1 aliphatic rings. The summed E-state index contributed by atoms with van der Waals surface area (Å²) in [5, 5.41) is 0. The summed E-state index contributed by atoms with van der Waals surface area (Å²) >= 11 is 0. The lowest BCUT2D eigenvalue weighted by Gasteiger charge is -2.15. The van der Waals surface area contributed by atoms with Crippen LogP contribution in [0.3, 0.4) is 0 Å². The molecule has 2 aromatic heterocycles. The number of nitrogens with zero attached hydrogens (tertiary/aromatic N) is 4. The molecule has 1 fully saturated rings. The molecule has 110 valence electrons. The van der Waals surface area contributed by atoms with Crippen molar-refractivity contribution in [2.45, 2.75) is 25.8 Å². The zero-order valence-electron chi connectivity index (χ0n) is 11.9. The van der Waals surface area contributed by atoms with Crippen LogP contribution in [0.4, 0.5) is 5.82 Å². The number of hydrogen-bond donors (Lipinski definition) is 1. The van der Waals surface area contributed by atoms with Gasteiger partial charge in [-0.2, -0.15) is 0 Å². The fourth-order valence-corrected chi connectivity index (χ4v) is 2.64. The maximum absolute atomic E-state index is 12.1. The highest BCUT2D eigenvalue weighted by molar-refractivity contribution is 5.76. The minimum Gasteiger partial charge on any atom is -0.384 e. The summed E-state index contributed by atoms with van der Waals surface area (Å²) in [6.45, 7) is 2.43. The largest absolute Gasteiger partial charge is 0.384 e. The number of nitrogens with two attached hydrogens (primary N) is 1. The van der Waals surface area contributed by atoms with Crippen molar-refractivity contribution in [1.29, 1.82) is 0 Å². The molecular weight excluding hydrogens is 266 g/mol. The number of aryl methyl sites for hydroxylation is 1. The minimum atomic E-state index is 0.225. The average molecular weight is 285 g/mol. The Morgan fingerprint density at radius 2 is 2.05 bits per heavy atom. The maximum Gasteiger partial charge on any atom is 0.224 e. The van der Waals surface area contributed by atoms with Crippen molar-refractivity contribution >= 4 is 11.7 Å². The van der Waals surface area contributed by atoms with E-state index in [1.807, 2.05) is 15.5 Å². The lowest BCUT2D eigenvalue weighted by atomic mass is 10.2. The van der Waals surface area contributed by atoms with Crippen LogP contribution < -0.4 is 5.73 Å². The van der Waals surface area contributed by atoms with Crippen LogP contribution >= 0.6 is 0 Å². The van der Waals surface area contributed by atoms with Crippen molar-refractivity contribution in [3.8, 4) is 11.3 Å². The molecule has 0 atom stereocenters. The summed E-state index contributed by atoms with van der Waals surface area (Å²) in [5.74, 6) is 0.719. The highest BCUT2D eigenvalue weighted by Gasteiger charge is 2.17. The third-order valence-corrected chi connectivity index (χ3v) is 3.82. The van der Waals surface area contributed by atoms with Crippen molar-refractivity contribution in [2.24, 2.45) is 0 Å². The molecule has 0 aromatic carbocycles. The Morgan fingerprint density at radius 1 is 1.24 bits per heavy atom. The molecule has 0 radical (unpaired) electrons. The molecule has 0 spiro atoms. The normalized spacial score (nSPS) is 14.6. The Hall–Kier alpha value is -2.37. The second-order valence-corrected chi connectivity index (χ2v) is 5.28. The van der Waals surface area contributed by atoms with Crippen LogP contribution in [0.25, 0.3) is 11.3 Å².